The summed E-state index contributed by atoms with van der Waals surface area (Å²) in [4.78, 5) is 0. The largest absolute Gasteiger partial charge is 0.504 e. The molecule has 0 radical (unpaired) electrons. The molecule has 0 aliphatic carbocycles. The van der Waals surface area contributed by atoms with E-state index in [4.69, 9.17) is 0 Å². The van der Waals surface area contributed by atoms with E-state index in [9.17, 15) is 10.2 Å². The number of hydrogen-bond acceptors (Lipinski definition) is 4. The van der Waals surface area contributed by atoms with Gasteiger partial charge in [-0.05, 0) is 24.6 Å². The Hall–Kier alpha value is -2.17. The summed E-state index contributed by atoms with van der Waals surface area (Å²) >= 11 is 0. The van der Waals surface area contributed by atoms with E-state index in [1.807, 2.05) is 17.8 Å². The van der Waals surface area contributed by atoms with Gasteiger partial charge in [0.15, 0.2) is 11.5 Å². The van der Waals surface area contributed by atoms with Gasteiger partial charge < -0.3 is 15.5 Å². The molecule has 0 fully saturated rings. The molecule has 0 saturated heterocycles. The Morgan fingerprint density at radius 2 is 2.12 bits per heavy atom. The summed E-state index contributed by atoms with van der Waals surface area (Å²) in [7, 11) is 0. The number of aromatic hydroxyl groups is 2. The van der Waals surface area contributed by atoms with Crippen molar-refractivity contribution in [3.8, 4) is 11.5 Å². The average molecular weight is 233 g/mol. The van der Waals surface area contributed by atoms with Crippen molar-refractivity contribution in [1.82, 2.24) is 9.78 Å². The summed E-state index contributed by atoms with van der Waals surface area (Å²) in [6.45, 7) is 3.43. The third-order valence-electron chi connectivity index (χ3n) is 2.49. The van der Waals surface area contributed by atoms with E-state index in [0.717, 1.165) is 17.8 Å². The van der Waals surface area contributed by atoms with E-state index in [0.29, 0.717) is 6.54 Å². The highest BCUT2D eigenvalue weighted by Crippen LogP contribution is 2.25. The Morgan fingerprint density at radius 3 is 2.76 bits per heavy atom. The molecule has 90 valence electrons. The lowest BCUT2D eigenvalue weighted by molar-refractivity contribution is 0.403. The van der Waals surface area contributed by atoms with Crippen molar-refractivity contribution >= 4 is 5.69 Å². The van der Waals surface area contributed by atoms with Crippen molar-refractivity contribution in [3.05, 3.63) is 36.2 Å². The Labute approximate surface area is 99.3 Å². The lowest BCUT2D eigenvalue weighted by atomic mass is 10.2. The molecule has 0 amide bonds. The fourth-order valence-electron chi connectivity index (χ4n) is 1.51. The van der Waals surface area contributed by atoms with Gasteiger partial charge in [-0.3, -0.25) is 4.68 Å². The van der Waals surface area contributed by atoms with E-state index in [-0.39, 0.29) is 11.5 Å². The van der Waals surface area contributed by atoms with Crippen molar-refractivity contribution in [3.63, 3.8) is 0 Å². The van der Waals surface area contributed by atoms with Gasteiger partial charge in [0.05, 0.1) is 11.9 Å². The van der Waals surface area contributed by atoms with Crippen LogP contribution in [0.5, 0.6) is 11.5 Å². The van der Waals surface area contributed by atoms with Crippen molar-refractivity contribution < 1.29 is 10.2 Å². The molecule has 3 N–H and O–H groups in total. The molecule has 5 nitrogen and oxygen atoms in total. The van der Waals surface area contributed by atoms with Gasteiger partial charge in [-0.2, -0.15) is 5.10 Å². The minimum atomic E-state index is -0.104. The van der Waals surface area contributed by atoms with Gasteiger partial charge in [-0.15, -0.1) is 0 Å². The lowest BCUT2D eigenvalue weighted by Gasteiger charge is -2.05. The second-order valence-corrected chi connectivity index (χ2v) is 3.76. The maximum Gasteiger partial charge on any atom is 0.157 e. The lowest BCUT2D eigenvalue weighted by Crippen LogP contribution is -1.98. The van der Waals surface area contributed by atoms with Crippen LogP contribution in [0.1, 0.15) is 12.5 Å². The first-order valence-electron chi connectivity index (χ1n) is 5.46. The molecule has 0 aliphatic rings. The smallest absolute Gasteiger partial charge is 0.157 e. The van der Waals surface area contributed by atoms with Gasteiger partial charge in [0, 0.05) is 19.3 Å². The molecule has 2 rings (SSSR count). The highest BCUT2D eigenvalue weighted by Gasteiger charge is 2.01. The Morgan fingerprint density at radius 1 is 1.29 bits per heavy atom. The van der Waals surface area contributed by atoms with Crippen molar-refractivity contribution in [1.29, 1.82) is 0 Å². The first kappa shape index (κ1) is 11.3. The molecule has 0 aliphatic heterocycles. The minimum absolute atomic E-state index is 0.103. The maximum absolute atomic E-state index is 9.35. The Kier molecular flexibility index (Phi) is 3.18. The second-order valence-electron chi connectivity index (χ2n) is 3.76. The molecule has 0 spiro atoms. The molecule has 0 unspecified atom stereocenters. The fourth-order valence-corrected chi connectivity index (χ4v) is 1.51. The van der Waals surface area contributed by atoms with Gasteiger partial charge >= 0.3 is 0 Å². The zero-order chi connectivity index (χ0) is 12.3. The zero-order valence-electron chi connectivity index (χ0n) is 9.59. The Balaban J connectivity index is 1.99. The molecule has 5 heteroatoms. The van der Waals surface area contributed by atoms with E-state index in [1.165, 1.54) is 12.1 Å². The summed E-state index contributed by atoms with van der Waals surface area (Å²) in [6, 6.07) is 4.76. The van der Waals surface area contributed by atoms with Crippen LogP contribution in [0.25, 0.3) is 0 Å². The summed E-state index contributed by atoms with van der Waals surface area (Å²) in [5, 5.41) is 25.9. The molecule has 17 heavy (non-hydrogen) atoms. The number of phenols is 2. The topological polar surface area (TPSA) is 70.3 Å². The number of hydrogen-bond donors (Lipinski definition) is 3. The van der Waals surface area contributed by atoms with Crippen LogP contribution in [-0.2, 0) is 13.1 Å². The van der Waals surface area contributed by atoms with Crippen LogP contribution >= 0.6 is 0 Å². The van der Waals surface area contributed by atoms with E-state index in [2.05, 4.69) is 10.4 Å². The fraction of sp³-hybridized carbons (Fsp3) is 0.250. The van der Waals surface area contributed by atoms with Crippen LogP contribution in [0.4, 0.5) is 5.69 Å². The van der Waals surface area contributed by atoms with Crippen LogP contribution in [0.15, 0.2) is 30.6 Å². The highest BCUT2D eigenvalue weighted by atomic mass is 16.3. The number of nitrogens with zero attached hydrogens (tertiary/aromatic N) is 2. The van der Waals surface area contributed by atoms with Gasteiger partial charge in [0.2, 0.25) is 0 Å². The van der Waals surface area contributed by atoms with Crippen molar-refractivity contribution in [2.75, 3.05) is 5.32 Å². The van der Waals surface area contributed by atoms with Gasteiger partial charge in [0.1, 0.15) is 0 Å². The number of aryl methyl sites for hydroxylation is 1. The number of nitrogens with one attached hydrogen (secondary N) is 1. The number of anilines is 1. The monoisotopic (exact) mass is 233 g/mol. The van der Waals surface area contributed by atoms with Crippen molar-refractivity contribution in [2.45, 2.75) is 20.0 Å². The highest BCUT2D eigenvalue weighted by molar-refractivity contribution is 5.43. The SMILES string of the molecule is CCn1cc(NCc2ccc(O)c(O)c2)cn1. The van der Waals surface area contributed by atoms with Crippen LogP contribution in [0, 0.1) is 0 Å². The predicted octanol–water partition coefficient (Wildman–Crippen LogP) is 1.93. The number of rotatable bonds is 4. The summed E-state index contributed by atoms with van der Waals surface area (Å²) < 4.78 is 1.83. The molecule has 0 saturated carbocycles. The first-order chi connectivity index (χ1) is 8.19. The van der Waals surface area contributed by atoms with Crippen LogP contribution in [0.3, 0.4) is 0 Å². The molecule has 1 heterocycles. The molecule has 1 aromatic heterocycles. The van der Waals surface area contributed by atoms with Gasteiger partial charge in [-0.25, -0.2) is 0 Å². The second kappa shape index (κ2) is 4.78. The van der Waals surface area contributed by atoms with Crippen LogP contribution in [-0.4, -0.2) is 20.0 Å². The quantitative estimate of drug-likeness (QED) is 0.706. The van der Waals surface area contributed by atoms with E-state index < -0.39 is 0 Å². The van der Waals surface area contributed by atoms with Crippen LogP contribution < -0.4 is 5.32 Å². The van der Waals surface area contributed by atoms with Gasteiger partial charge in [0.25, 0.3) is 0 Å². The van der Waals surface area contributed by atoms with Crippen LogP contribution in [0.2, 0.25) is 0 Å². The van der Waals surface area contributed by atoms with E-state index >= 15 is 0 Å². The molecular weight excluding hydrogens is 218 g/mol. The molecule has 2 aromatic rings. The summed E-state index contributed by atoms with van der Waals surface area (Å²) in [5.74, 6) is -0.207. The molecule has 0 bridgehead atoms. The standard InChI is InChI=1S/C12H15N3O2/c1-2-15-8-10(7-14-15)13-6-9-3-4-11(16)12(17)5-9/h3-5,7-8,13,16-17H,2,6H2,1H3. The number of phenolic OH excluding ortho intramolecular Hbond substituents is 2. The Bertz CT molecular complexity index is 508. The normalized spacial score (nSPS) is 10.4. The zero-order valence-corrected chi connectivity index (χ0v) is 9.59. The summed E-state index contributed by atoms with van der Waals surface area (Å²) in [5.41, 5.74) is 1.82. The summed E-state index contributed by atoms with van der Waals surface area (Å²) in [6.07, 6.45) is 3.67. The van der Waals surface area contributed by atoms with Gasteiger partial charge in [-0.1, -0.05) is 6.07 Å². The minimum Gasteiger partial charge on any atom is -0.504 e. The predicted molar refractivity (Wildman–Crippen MR) is 65.0 cm³/mol. The molecular formula is C12H15N3O2. The maximum atomic E-state index is 9.35. The average Bonchev–Trinajstić information content (AvgIpc) is 2.79. The molecule has 0 atom stereocenters. The third-order valence-corrected chi connectivity index (χ3v) is 2.49. The molecule has 1 aromatic carbocycles. The van der Waals surface area contributed by atoms with Crippen molar-refractivity contribution in [2.24, 2.45) is 0 Å². The van der Waals surface area contributed by atoms with E-state index in [1.54, 1.807) is 12.3 Å². The third kappa shape index (κ3) is 2.69. The number of aromatic nitrogens is 2. The first-order valence-corrected chi connectivity index (χ1v) is 5.46. The number of benzene rings is 1.